The predicted octanol–water partition coefficient (Wildman–Crippen LogP) is 2.98. The van der Waals surface area contributed by atoms with Crippen molar-refractivity contribution in [1.82, 2.24) is 19.4 Å². The Bertz CT molecular complexity index is 1290. The molecule has 10 heteroatoms. The summed E-state index contributed by atoms with van der Waals surface area (Å²) >= 11 is 6.13. The molecule has 0 aliphatic carbocycles. The molecule has 1 aliphatic heterocycles. The number of likely N-dealkylation sites (tertiary alicyclic amines) is 1. The number of halogens is 1. The summed E-state index contributed by atoms with van der Waals surface area (Å²) in [5, 5.41) is 3.38. The summed E-state index contributed by atoms with van der Waals surface area (Å²) in [6.07, 6.45) is 1.42. The van der Waals surface area contributed by atoms with Crippen LogP contribution in [-0.2, 0) is 17.8 Å². The summed E-state index contributed by atoms with van der Waals surface area (Å²) in [5.41, 5.74) is 8.51. The second kappa shape index (κ2) is 11.4. The van der Waals surface area contributed by atoms with Gasteiger partial charge < -0.3 is 25.4 Å². The van der Waals surface area contributed by atoms with Gasteiger partial charge in [-0.25, -0.2) is 4.79 Å². The first-order valence-corrected chi connectivity index (χ1v) is 12.6. The monoisotopic (exact) mass is 515 g/mol. The first-order chi connectivity index (χ1) is 17.4. The van der Waals surface area contributed by atoms with Crippen LogP contribution in [-0.4, -0.2) is 65.9 Å². The van der Waals surface area contributed by atoms with Crippen LogP contribution in [0.2, 0.25) is 5.02 Å². The van der Waals surface area contributed by atoms with Crippen LogP contribution in [0.1, 0.15) is 30.1 Å². The van der Waals surface area contributed by atoms with E-state index in [1.165, 1.54) is 13.2 Å². The largest absolute Gasteiger partial charge is 0.496 e. The number of nitrogens with one attached hydrogen (secondary N) is 1. The van der Waals surface area contributed by atoms with Crippen molar-refractivity contribution in [3.05, 3.63) is 57.5 Å². The van der Waals surface area contributed by atoms with E-state index in [1.807, 2.05) is 40.3 Å². The van der Waals surface area contributed by atoms with Crippen LogP contribution in [0.4, 0.5) is 5.69 Å². The normalized spacial score (nSPS) is 18.4. The topological polar surface area (TPSA) is 104 Å². The Morgan fingerprint density at radius 3 is 2.56 bits per heavy atom. The third kappa shape index (κ3) is 5.23. The van der Waals surface area contributed by atoms with Crippen molar-refractivity contribution in [2.45, 2.75) is 45.0 Å². The van der Waals surface area contributed by atoms with Crippen molar-refractivity contribution >= 4 is 34.2 Å². The number of ether oxygens (including phenoxy) is 2. The number of para-hydroxylation sites is 2. The summed E-state index contributed by atoms with van der Waals surface area (Å²) in [4.78, 5) is 28.2. The van der Waals surface area contributed by atoms with Gasteiger partial charge in [0.05, 0.1) is 46.6 Å². The Morgan fingerprint density at radius 1 is 1.17 bits per heavy atom. The zero-order valence-electron chi connectivity index (χ0n) is 21.0. The molecule has 1 saturated heterocycles. The van der Waals surface area contributed by atoms with Crippen LogP contribution in [0, 0.1) is 0 Å². The van der Waals surface area contributed by atoms with Crippen molar-refractivity contribution in [2.75, 3.05) is 39.6 Å². The van der Waals surface area contributed by atoms with E-state index in [-0.39, 0.29) is 23.7 Å². The number of fused-ring (bicyclic) bond motifs is 1. The number of aryl methyl sites for hydroxylation is 2. The number of imidazole rings is 1. The average Bonchev–Trinajstić information content (AvgIpc) is 3.16. The molecule has 0 radical (unpaired) electrons. The molecule has 194 valence electrons. The van der Waals surface area contributed by atoms with Gasteiger partial charge in [0.1, 0.15) is 5.75 Å². The molecule has 2 heterocycles. The Morgan fingerprint density at radius 2 is 1.89 bits per heavy atom. The highest BCUT2D eigenvalue weighted by atomic mass is 35.5. The minimum Gasteiger partial charge on any atom is -0.496 e. The SMILES string of the molecule is CCn1c(=O)n(CCCN2CCC(NC(=O)c3cc(Cl)c(N)cc3OC)C(OC)C2)c2ccccc21. The van der Waals surface area contributed by atoms with Gasteiger partial charge in [-0.15, -0.1) is 0 Å². The lowest BCUT2D eigenvalue weighted by Gasteiger charge is -2.38. The number of nitrogen functional groups attached to an aromatic ring is 1. The van der Waals surface area contributed by atoms with Crippen molar-refractivity contribution < 1.29 is 14.3 Å². The van der Waals surface area contributed by atoms with Crippen molar-refractivity contribution in [2.24, 2.45) is 0 Å². The van der Waals surface area contributed by atoms with Gasteiger partial charge in [0.2, 0.25) is 0 Å². The lowest BCUT2D eigenvalue weighted by molar-refractivity contribution is 0.00585. The fourth-order valence-corrected chi connectivity index (χ4v) is 5.16. The quantitative estimate of drug-likeness (QED) is 0.425. The smallest absolute Gasteiger partial charge is 0.329 e. The molecule has 1 aliphatic rings. The highest BCUT2D eigenvalue weighted by molar-refractivity contribution is 6.33. The first-order valence-electron chi connectivity index (χ1n) is 12.2. The van der Waals surface area contributed by atoms with Gasteiger partial charge in [-0.3, -0.25) is 13.9 Å². The Balaban J connectivity index is 1.36. The number of nitrogens with zero attached hydrogens (tertiary/aromatic N) is 3. The van der Waals surface area contributed by atoms with E-state index in [0.29, 0.717) is 41.7 Å². The zero-order valence-corrected chi connectivity index (χ0v) is 21.8. The number of rotatable bonds is 9. The third-order valence-corrected chi connectivity index (χ3v) is 7.25. The van der Waals surface area contributed by atoms with Gasteiger partial charge in [0, 0.05) is 39.4 Å². The van der Waals surface area contributed by atoms with Crippen LogP contribution in [0.3, 0.4) is 0 Å². The van der Waals surface area contributed by atoms with E-state index in [0.717, 1.165) is 37.0 Å². The number of carbonyl (C=O) groups is 1. The van der Waals surface area contributed by atoms with Gasteiger partial charge in [-0.2, -0.15) is 0 Å². The predicted molar refractivity (Wildman–Crippen MR) is 142 cm³/mol. The van der Waals surface area contributed by atoms with E-state index in [2.05, 4.69) is 10.2 Å². The second-order valence-electron chi connectivity index (χ2n) is 9.04. The number of hydrogen-bond acceptors (Lipinski definition) is 6. The van der Waals surface area contributed by atoms with Crippen molar-refractivity contribution in [3.63, 3.8) is 0 Å². The molecular formula is C26H34ClN5O4. The molecule has 2 atom stereocenters. The van der Waals surface area contributed by atoms with Crippen LogP contribution >= 0.6 is 11.6 Å². The molecule has 4 rings (SSSR count). The number of carbonyl (C=O) groups excluding carboxylic acids is 1. The Labute approximate surface area is 215 Å². The van der Waals surface area contributed by atoms with Crippen LogP contribution in [0.15, 0.2) is 41.2 Å². The molecule has 2 unspecified atom stereocenters. The second-order valence-corrected chi connectivity index (χ2v) is 9.45. The van der Waals surface area contributed by atoms with Gasteiger partial charge in [0.25, 0.3) is 5.91 Å². The standard InChI is InChI=1S/C26H34ClN5O4/c1-4-31-21-8-5-6-9-22(21)32(26(31)34)12-7-11-30-13-10-20(24(16-30)36-3)29-25(33)17-14-18(27)19(28)15-23(17)35-2/h5-6,8-9,14-15,20,24H,4,7,10-13,16,28H2,1-3H3,(H,29,33). The molecule has 1 fully saturated rings. The maximum absolute atomic E-state index is 13.0. The fraction of sp³-hybridized carbons (Fsp3) is 0.462. The zero-order chi connectivity index (χ0) is 25.8. The molecule has 3 N–H and O–H groups in total. The minimum atomic E-state index is -0.277. The maximum atomic E-state index is 13.0. The number of nitrogens with two attached hydrogens (primary N) is 1. The molecule has 1 amide bonds. The van der Waals surface area contributed by atoms with Crippen molar-refractivity contribution in [3.8, 4) is 5.75 Å². The highest BCUT2D eigenvalue weighted by Crippen LogP contribution is 2.29. The Hall–Kier alpha value is -3.01. The summed E-state index contributed by atoms with van der Waals surface area (Å²) < 4.78 is 14.7. The summed E-state index contributed by atoms with van der Waals surface area (Å²) in [5.74, 6) is 0.0985. The van der Waals surface area contributed by atoms with E-state index in [4.69, 9.17) is 26.8 Å². The number of benzene rings is 2. The lowest BCUT2D eigenvalue weighted by atomic mass is 10.0. The molecule has 0 spiro atoms. The number of aromatic nitrogens is 2. The first kappa shape index (κ1) is 26.1. The summed E-state index contributed by atoms with van der Waals surface area (Å²) in [7, 11) is 3.15. The van der Waals surface area contributed by atoms with E-state index >= 15 is 0 Å². The van der Waals surface area contributed by atoms with Crippen LogP contribution in [0.25, 0.3) is 11.0 Å². The van der Waals surface area contributed by atoms with Gasteiger partial charge in [-0.05, 0) is 44.5 Å². The van der Waals surface area contributed by atoms with Crippen LogP contribution < -0.4 is 21.5 Å². The van der Waals surface area contributed by atoms with Crippen LogP contribution in [0.5, 0.6) is 5.75 Å². The maximum Gasteiger partial charge on any atom is 0.329 e. The van der Waals surface area contributed by atoms with E-state index < -0.39 is 0 Å². The lowest BCUT2D eigenvalue weighted by Crippen LogP contribution is -2.55. The highest BCUT2D eigenvalue weighted by Gasteiger charge is 2.31. The molecule has 0 saturated carbocycles. The summed E-state index contributed by atoms with van der Waals surface area (Å²) in [6.45, 7) is 5.63. The molecule has 0 bridgehead atoms. The number of amides is 1. The minimum absolute atomic E-state index is 0.0353. The van der Waals surface area contributed by atoms with E-state index in [9.17, 15) is 9.59 Å². The van der Waals surface area contributed by atoms with E-state index in [1.54, 1.807) is 13.2 Å². The number of piperidine rings is 1. The number of anilines is 1. The van der Waals surface area contributed by atoms with Gasteiger partial charge in [0.15, 0.2) is 0 Å². The Kier molecular flexibility index (Phi) is 8.23. The average molecular weight is 516 g/mol. The molecule has 3 aromatic rings. The molecule has 9 nitrogen and oxygen atoms in total. The number of methoxy groups -OCH3 is 2. The molecule has 2 aromatic carbocycles. The fourth-order valence-electron chi connectivity index (χ4n) is 5.00. The molecule has 36 heavy (non-hydrogen) atoms. The third-order valence-electron chi connectivity index (χ3n) is 6.92. The molecule has 1 aromatic heterocycles. The van der Waals surface area contributed by atoms with Gasteiger partial charge >= 0.3 is 5.69 Å². The summed E-state index contributed by atoms with van der Waals surface area (Å²) in [6, 6.07) is 10.9. The van der Waals surface area contributed by atoms with Crippen molar-refractivity contribution in [1.29, 1.82) is 0 Å². The van der Waals surface area contributed by atoms with Gasteiger partial charge in [-0.1, -0.05) is 23.7 Å². The number of hydrogen-bond donors (Lipinski definition) is 2. The molecular weight excluding hydrogens is 482 g/mol.